The summed E-state index contributed by atoms with van der Waals surface area (Å²) in [6, 6.07) is 11.4. The molecule has 2 rings (SSSR count). The van der Waals surface area contributed by atoms with Crippen LogP contribution >= 0.6 is 11.3 Å². The molecule has 0 spiro atoms. The van der Waals surface area contributed by atoms with Crippen LogP contribution in [0.2, 0.25) is 0 Å². The molecule has 0 bridgehead atoms. The van der Waals surface area contributed by atoms with Gasteiger partial charge in [0.1, 0.15) is 6.61 Å². The molecule has 0 fully saturated rings. The van der Waals surface area contributed by atoms with Crippen molar-refractivity contribution < 1.29 is 17.9 Å². The summed E-state index contributed by atoms with van der Waals surface area (Å²) in [6.45, 7) is 4.25. The van der Waals surface area contributed by atoms with Gasteiger partial charge in [0, 0.05) is 30.4 Å². The number of aliphatic imine (C=N–C) groups is 1. The van der Waals surface area contributed by atoms with Gasteiger partial charge in [-0.3, -0.25) is 4.99 Å². The van der Waals surface area contributed by atoms with Crippen molar-refractivity contribution in [1.82, 2.24) is 10.6 Å². The van der Waals surface area contributed by atoms with Crippen molar-refractivity contribution in [3.8, 4) is 0 Å². The molecule has 0 aliphatic heterocycles. The van der Waals surface area contributed by atoms with E-state index in [0.717, 1.165) is 12.1 Å². The van der Waals surface area contributed by atoms with Crippen LogP contribution in [-0.4, -0.2) is 32.3 Å². The van der Waals surface area contributed by atoms with Gasteiger partial charge in [-0.05, 0) is 22.6 Å². The van der Waals surface area contributed by atoms with Crippen LogP contribution < -0.4 is 10.6 Å². The van der Waals surface area contributed by atoms with E-state index in [1.807, 2.05) is 18.2 Å². The molecule has 0 aliphatic carbocycles. The van der Waals surface area contributed by atoms with E-state index in [0.29, 0.717) is 18.1 Å². The Hall–Kier alpha value is -2.06. The minimum Gasteiger partial charge on any atom is -0.367 e. The molecule has 2 N–H and O–H groups in total. The molecule has 154 valence electrons. The van der Waals surface area contributed by atoms with Gasteiger partial charge < -0.3 is 15.4 Å². The number of hydrogen-bond donors (Lipinski definition) is 2. The van der Waals surface area contributed by atoms with Crippen LogP contribution in [0.1, 0.15) is 29.9 Å². The van der Waals surface area contributed by atoms with Crippen molar-refractivity contribution in [3.63, 3.8) is 0 Å². The van der Waals surface area contributed by atoms with Crippen LogP contribution in [-0.2, 0) is 23.3 Å². The normalized spacial score (nSPS) is 12.9. The summed E-state index contributed by atoms with van der Waals surface area (Å²) in [5.41, 5.74) is 1.61. The second-order valence-corrected chi connectivity index (χ2v) is 8.02. The minimum atomic E-state index is -4.31. The molecule has 0 unspecified atom stereocenters. The van der Waals surface area contributed by atoms with Crippen molar-refractivity contribution in [2.75, 3.05) is 20.2 Å². The van der Waals surface area contributed by atoms with E-state index in [2.05, 4.69) is 40.9 Å². The summed E-state index contributed by atoms with van der Waals surface area (Å²) >= 11 is 1.73. The van der Waals surface area contributed by atoms with Gasteiger partial charge in [0.05, 0.1) is 6.61 Å². The standard InChI is InChI=1S/C20H26F3N3OS/c1-19(2,17-8-5-9-28-17)13-26-18(24-3)25-11-15-6-4-7-16(10-15)12-27-14-20(21,22)23/h4-10H,11-14H2,1-3H3,(H2,24,25,26). The maximum absolute atomic E-state index is 12.2. The highest BCUT2D eigenvalue weighted by molar-refractivity contribution is 7.10. The highest BCUT2D eigenvalue weighted by Crippen LogP contribution is 2.26. The third-order valence-corrected chi connectivity index (χ3v) is 5.33. The molecule has 1 aromatic heterocycles. The lowest BCUT2D eigenvalue weighted by Gasteiger charge is -2.25. The summed E-state index contributed by atoms with van der Waals surface area (Å²) in [6.07, 6.45) is -4.31. The summed E-state index contributed by atoms with van der Waals surface area (Å²) in [5, 5.41) is 8.63. The summed E-state index contributed by atoms with van der Waals surface area (Å²) < 4.78 is 41.3. The average Bonchev–Trinajstić information content (AvgIpc) is 3.17. The van der Waals surface area contributed by atoms with Gasteiger partial charge >= 0.3 is 6.18 Å². The molecule has 0 atom stereocenters. The van der Waals surface area contributed by atoms with Gasteiger partial charge in [0.2, 0.25) is 0 Å². The zero-order valence-corrected chi connectivity index (χ0v) is 17.1. The molecular weight excluding hydrogens is 387 g/mol. The zero-order chi connectivity index (χ0) is 20.6. The first-order valence-corrected chi connectivity index (χ1v) is 9.78. The maximum Gasteiger partial charge on any atom is 0.411 e. The number of nitrogens with zero attached hydrogens (tertiary/aromatic N) is 1. The predicted molar refractivity (Wildman–Crippen MR) is 108 cm³/mol. The van der Waals surface area contributed by atoms with Crippen molar-refractivity contribution in [1.29, 1.82) is 0 Å². The van der Waals surface area contributed by atoms with Crippen molar-refractivity contribution in [3.05, 3.63) is 57.8 Å². The lowest BCUT2D eigenvalue weighted by molar-refractivity contribution is -0.176. The van der Waals surface area contributed by atoms with Gasteiger partial charge in [-0.2, -0.15) is 13.2 Å². The van der Waals surface area contributed by atoms with E-state index in [9.17, 15) is 13.2 Å². The number of thiophene rings is 1. The molecule has 28 heavy (non-hydrogen) atoms. The molecule has 0 amide bonds. The fraction of sp³-hybridized carbons (Fsp3) is 0.450. The molecule has 4 nitrogen and oxygen atoms in total. The lowest BCUT2D eigenvalue weighted by Crippen LogP contribution is -2.42. The molecule has 0 aliphatic rings. The van der Waals surface area contributed by atoms with E-state index in [4.69, 9.17) is 4.74 Å². The lowest BCUT2D eigenvalue weighted by atomic mass is 9.91. The van der Waals surface area contributed by atoms with Crippen LogP contribution in [0.25, 0.3) is 0 Å². The SMILES string of the molecule is CN=C(NCc1cccc(COCC(F)(F)F)c1)NCC(C)(C)c1cccs1. The van der Waals surface area contributed by atoms with Gasteiger partial charge in [-0.1, -0.05) is 44.2 Å². The summed E-state index contributed by atoms with van der Waals surface area (Å²) in [5.74, 6) is 0.670. The Morgan fingerprint density at radius 3 is 2.50 bits per heavy atom. The van der Waals surface area contributed by atoms with Crippen LogP contribution in [0.15, 0.2) is 46.8 Å². The Balaban J connectivity index is 1.83. The summed E-state index contributed by atoms with van der Waals surface area (Å²) in [4.78, 5) is 5.53. The third-order valence-electron chi connectivity index (χ3n) is 4.10. The molecular formula is C20H26F3N3OS. The van der Waals surface area contributed by atoms with Gasteiger partial charge in [0.25, 0.3) is 0 Å². The van der Waals surface area contributed by atoms with Gasteiger partial charge in [-0.25, -0.2) is 0 Å². The molecule has 2 aromatic rings. The largest absolute Gasteiger partial charge is 0.411 e. The zero-order valence-electron chi connectivity index (χ0n) is 16.3. The second kappa shape index (κ2) is 9.93. The molecule has 8 heteroatoms. The first-order valence-electron chi connectivity index (χ1n) is 8.90. The van der Waals surface area contributed by atoms with E-state index in [1.54, 1.807) is 30.5 Å². The fourth-order valence-electron chi connectivity index (χ4n) is 2.58. The number of ether oxygens (including phenoxy) is 1. The van der Waals surface area contributed by atoms with Crippen LogP contribution in [0, 0.1) is 0 Å². The van der Waals surface area contributed by atoms with E-state index >= 15 is 0 Å². The number of hydrogen-bond acceptors (Lipinski definition) is 3. The molecule has 0 saturated carbocycles. The number of alkyl halides is 3. The van der Waals surface area contributed by atoms with Gasteiger partial charge in [-0.15, -0.1) is 11.3 Å². The number of halogens is 3. The number of rotatable bonds is 8. The van der Waals surface area contributed by atoms with E-state index in [-0.39, 0.29) is 12.0 Å². The first kappa shape index (κ1) is 22.2. The first-order chi connectivity index (χ1) is 13.2. The fourth-order valence-corrected chi connectivity index (χ4v) is 3.43. The Morgan fingerprint density at radius 1 is 1.11 bits per heavy atom. The van der Waals surface area contributed by atoms with Crippen LogP contribution in [0.3, 0.4) is 0 Å². The van der Waals surface area contributed by atoms with Crippen LogP contribution in [0.5, 0.6) is 0 Å². The Bertz CT molecular complexity index is 758. The highest BCUT2D eigenvalue weighted by Gasteiger charge is 2.27. The molecule has 1 heterocycles. The Kier molecular flexibility index (Phi) is 7.88. The monoisotopic (exact) mass is 413 g/mol. The quantitative estimate of drug-likeness (QED) is 0.496. The number of guanidine groups is 1. The number of benzene rings is 1. The Labute approximate surface area is 167 Å². The number of nitrogens with one attached hydrogen (secondary N) is 2. The topological polar surface area (TPSA) is 45.7 Å². The smallest absolute Gasteiger partial charge is 0.367 e. The van der Waals surface area contributed by atoms with E-state index < -0.39 is 12.8 Å². The van der Waals surface area contributed by atoms with Crippen molar-refractivity contribution in [2.45, 2.75) is 38.6 Å². The highest BCUT2D eigenvalue weighted by atomic mass is 32.1. The summed E-state index contributed by atoms with van der Waals surface area (Å²) in [7, 11) is 1.70. The molecule has 1 aromatic carbocycles. The minimum absolute atomic E-state index is 0.0263. The van der Waals surface area contributed by atoms with Crippen LogP contribution in [0.4, 0.5) is 13.2 Å². The van der Waals surface area contributed by atoms with Crippen molar-refractivity contribution in [2.24, 2.45) is 4.99 Å². The molecule has 0 radical (unpaired) electrons. The maximum atomic E-state index is 12.2. The third kappa shape index (κ3) is 7.52. The predicted octanol–water partition coefficient (Wildman–Crippen LogP) is 4.47. The van der Waals surface area contributed by atoms with Crippen molar-refractivity contribution >= 4 is 17.3 Å². The Morgan fingerprint density at radius 2 is 1.86 bits per heavy atom. The van der Waals surface area contributed by atoms with Gasteiger partial charge in [0.15, 0.2) is 5.96 Å². The molecule has 0 saturated heterocycles. The average molecular weight is 414 g/mol. The van der Waals surface area contributed by atoms with E-state index in [1.165, 1.54) is 4.88 Å². The second-order valence-electron chi connectivity index (χ2n) is 7.07.